The van der Waals surface area contributed by atoms with Crippen molar-refractivity contribution < 1.29 is 65.4 Å². The molecule has 0 saturated heterocycles. The van der Waals surface area contributed by atoms with E-state index in [1.165, 1.54) is 66.7 Å². The van der Waals surface area contributed by atoms with Crippen molar-refractivity contribution in [2.75, 3.05) is 11.5 Å². The first kappa shape index (κ1) is 41.9. The Morgan fingerprint density at radius 1 is 0.552 bits per heavy atom. The molecule has 6 aromatic carbocycles. The molecular weight excluding hydrogens is 845 g/mol. The van der Waals surface area contributed by atoms with E-state index in [9.17, 15) is 36.2 Å². The Morgan fingerprint density at radius 3 is 1.64 bits per heavy atom. The minimum Gasteiger partial charge on any atom is -0.505 e. The van der Waals surface area contributed by atoms with Crippen molar-refractivity contribution in [3.8, 4) is 11.5 Å². The average molecular weight is 871 g/mol. The van der Waals surface area contributed by atoms with Gasteiger partial charge in [0, 0.05) is 27.0 Å². The summed E-state index contributed by atoms with van der Waals surface area (Å²) in [5, 5.41) is 64.0. The number of hydrogen-bond acceptors (Lipinski definition) is 20. The van der Waals surface area contributed by atoms with Crippen LogP contribution in [0.25, 0.3) is 33.7 Å². The first-order chi connectivity index (χ1) is 27.6. The predicted molar refractivity (Wildman–Crippen MR) is 211 cm³/mol. The number of aromatic hydroxyl groups is 2. The number of azo groups is 2. The smallest absolute Gasteiger partial charge is 0.296 e. The molecule has 0 aromatic heterocycles. The molecule has 0 bridgehead atoms. The van der Waals surface area contributed by atoms with Crippen molar-refractivity contribution in [1.82, 2.24) is 0 Å². The summed E-state index contributed by atoms with van der Waals surface area (Å²) in [5.41, 5.74) is 11.8. The zero-order valence-electron chi connectivity index (χ0n) is 28.8. The van der Waals surface area contributed by atoms with Gasteiger partial charge in [0.1, 0.15) is 21.2 Å². The summed E-state index contributed by atoms with van der Waals surface area (Å²) in [6.07, 6.45) is 2.71. The van der Waals surface area contributed by atoms with E-state index in [-0.39, 0.29) is 54.6 Å². The molecule has 10 N–H and O–H groups in total. The lowest BCUT2D eigenvalue weighted by atomic mass is 10.1. The van der Waals surface area contributed by atoms with Crippen LogP contribution in [0.15, 0.2) is 125 Å². The fourth-order valence-electron chi connectivity index (χ4n) is 5.41. The van der Waals surface area contributed by atoms with E-state index in [0.717, 1.165) is 12.1 Å². The lowest BCUT2D eigenvalue weighted by Gasteiger charge is -2.10. The van der Waals surface area contributed by atoms with Crippen LogP contribution >= 0.6 is 24.1 Å². The van der Waals surface area contributed by atoms with Gasteiger partial charge in [-0.1, -0.05) is 46.5 Å². The Hall–Kier alpha value is -5.74. The highest BCUT2D eigenvalue weighted by atomic mass is 32.2. The van der Waals surface area contributed by atoms with Gasteiger partial charge in [0.05, 0.1) is 40.4 Å². The van der Waals surface area contributed by atoms with Gasteiger partial charge in [0.25, 0.3) is 20.2 Å². The molecule has 0 spiro atoms. The quantitative estimate of drug-likeness (QED) is 0.00962. The van der Waals surface area contributed by atoms with Gasteiger partial charge in [0.15, 0.2) is 11.5 Å². The van der Waals surface area contributed by atoms with Crippen molar-refractivity contribution in [2.45, 2.75) is 19.6 Å². The van der Waals surface area contributed by atoms with Crippen LogP contribution in [0.4, 0.5) is 34.1 Å². The minimum atomic E-state index is -4.94. The number of rotatable bonds is 14. The molecule has 0 aliphatic carbocycles. The van der Waals surface area contributed by atoms with Gasteiger partial charge < -0.3 is 21.7 Å². The number of benzene rings is 6. The van der Waals surface area contributed by atoms with Crippen LogP contribution < -0.4 is 11.5 Å². The number of nitrogen functional groups attached to an aromatic ring is 2. The maximum Gasteiger partial charge on any atom is 0.296 e. The number of nitrogens with zero attached hydrogens (tertiary/aromatic N) is 4. The van der Waals surface area contributed by atoms with Crippen LogP contribution in [-0.4, -0.2) is 46.7 Å². The number of anilines is 2. The van der Waals surface area contributed by atoms with E-state index in [1.807, 2.05) is 0 Å². The number of phenolic OH excluding ortho intramolecular Hbond substituents is 2. The fourth-order valence-corrected chi connectivity index (χ4v) is 7.77. The average Bonchev–Trinajstić information content (AvgIpc) is 3.18. The molecular formula is C34H26N6O14S4. The van der Waals surface area contributed by atoms with Crippen LogP contribution in [0.2, 0.25) is 0 Å². The van der Waals surface area contributed by atoms with Crippen LogP contribution in [0, 0.1) is 0 Å². The molecule has 6 rings (SSSR count). The molecule has 0 aliphatic rings. The maximum atomic E-state index is 12.5. The largest absolute Gasteiger partial charge is 0.505 e. The second-order valence-electron chi connectivity index (χ2n) is 11.7. The number of fused-ring (bicyclic) bond motifs is 2. The molecule has 0 fully saturated rings. The summed E-state index contributed by atoms with van der Waals surface area (Å²) in [6, 6.07) is 19.5. The fraction of sp³-hybridized carbons (Fsp3) is 0. The second-order valence-corrected chi connectivity index (χ2v) is 15.9. The van der Waals surface area contributed by atoms with E-state index in [1.54, 1.807) is 18.2 Å². The molecule has 20 nitrogen and oxygen atoms in total. The predicted octanol–water partition coefficient (Wildman–Crippen LogP) is 8.92. The number of phenols is 2. The second kappa shape index (κ2) is 17.4. The summed E-state index contributed by atoms with van der Waals surface area (Å²) in [4.78, 5) is -1.02. The van der Waals surface area contributed by atoms with E-state index in [4.69, 9.17) is 22.0 Å². The minimum absolute atomic E-state index is 0.0605. The summed E-state index contributed by atoms with van der Waals surface area (Å²) in [5.74, 6) is -0.998. The number of hydrogen-bond donors (Lipinski definition) is 8. The van der Waals surface area contributed by atoms with Gasteiger partial charge in [-0.3, -0.25) is 9.11 Å². The Balaban J connectivity index is 1.34. The van der Waals surface area contributed by atoms with Gasteiger partial charge in [-0.25, -0.2) is 10.5 Å². The maximum absolute atomic E-state index is 12.5. The summed E-state index contributed by atoms with van der Waals surface area (Å²) < 4.78 is 78.4. The number of nitrogens with two attached hydrogens (primary N) is 2. The third-order valence-electron chi connectivity index (χ3n) is 7.99. The van der Waals surface area contributed by atoms with Crippen LogP contribution in [-0.2, 0) is 39.0 Å². The molecule has 0 heterocycles. The molecule has 0 aliphatic heterocycles. The van der Waals surface area contributed by atoms with Gasteiger partial charge in [-0.05, 0) is 82.6 Å². The van der Waals surface area contributed by atoms with E-state index >= 15 is 0 Å². The first-order valence-corrected chi connectivity index (χ1v) is 20.1. The van der Waals surface area contributed by atoms with E-state index in [0.29, 0.717) is 46.1 Å². The normalized spacial score (nSPS) is 12.6. The van der Waals surface area contributed by atoms with Crippen molar-refractivity contribution >= 4 is 112 Å². The third-order valence-corrected chi connectivity index (χ3v) is 11.0. The molecule has 0 amide bonds. The van der Waals surface area contributed by atoms with Crippen molar-refractivity contribution in [3.63, 3.8) is 0 Å². The Morgan fingerprint density at radius 2 is 1.05 bits per heavy atom. The van der Waals surface area contributed by atoms with Crippen molar-refractivity contribution in [3.05, 3.63) is 96.1 Å². The topological polar surface area (TPSA) is 328 Å². The van der Waals surface area contributed by atoms with Crippen molar-refractivity contribution in [2.24, 2.45) is 20.5 Å². The van der Waals surface area contributed by atoms with E-state index < -0.39 is 41.5 Å². The monoisotopic (exact) mass is 870 g/mol. The Labute approximate surface area is 335 Å². The standard InChI is InChI=1S/C34H26N6O14S4/c35-21-7-3-19-11-28(56-54-52-44)31(33(41)25(19)13-21)39-37-23-9-5-17(27(15-23)55-53-51-43)1-2-18-6-10-24(16-29(18)57(45,46)47)38-40-32-30(58(48,49)50)12-20-4-8-22(36)14-26(20)34(32)42/h1-16,41-44H,35-36H2,(H,45,46,47)(H,48,49,50). The van der Waals surface area contributed by atoms with Gasteiger partial charge in [-0.2, -0.15) is 27.1 Å². The zero-order valence-corrected chi connectivity index (χ0v) is 32.0. The molecule has 0 saturated carbocycles. The lowest BCUT2D eigenvalue weighted by Crippen LogP contribution is -2.00. The molecule has 58 heavy (non-hydrogen) atoms. The molecule has 0 radical (unpaired) electrons. The zero-order chi connectivity index (χ0) is 41.8. The molecule has 24 heteroatoms. The van der Waals surface area contributed by atoms with Crippen LogP contribution in [0.1, 0.15) is 11.1 Å². The highest BCUT2D eigenvalue weighted by Crippen LogP contribution is 2.45. The van der Waals surface area contributed by atoms with Crippen LogP contribution in [0.5, 0.6) is 11.5 Å². The first-order valence-electron chi connectivity index (χ1n) is 15.7. The van der Waals surface area contributed by atoms with Gasteiger partial charge in [0.2, 0.25) is 0 Å². The summed E-state index contributed by atoms with van der Waals surface area (Å²) in [7, 11) is -9.87. The summed E-state index contributed by atoms with van der Waals surface area (Å²) >= 11 is 1.05. The summed E-state index contributed by atoms with van der Waals surface area (Å²) in [6.45, 7) is 0. The van der Waals surface area contributed by atoms with E-state index in [2.05, 4.69) is 39.2 Å². The Kier molecular flexibility index (Phi) is 12.6. The Bertz CT molecular complexity index is 2890. The highest BCUT2D eigenvalue weighted by molar-refractivity contribution is 7.95. The molecule has 300 valence electrons. The third kappa shape index (κ3) is 9.51. The lowest BCUT2D eigenvalue weighted by molar-refractivity contribution is -0.432. The molecule has 0 unspecified atom stereocenters. The highest BCUT2D eigenvalue weighted by Gasteiger charge is 2.23. The molecule has 0 atom stereocenters. The SMILES string of the molecule is Nc1ccc2cc(SOOO)c(N=Nc3ccc(C=Cc4ccc(N=Nc5c(S(=O)(=O)O)cc6ccc(N)cc6c5O)cc4S(=O)(=O)O)c(SOOO)c3)c(O)c2c1. The van der Waals surface area contributed by atoms with Crippen molar-refractivity contribution in [1.29, 1.82) is 0 Å². The van der Waals surface area contributed by atoms with Gasteiger partial charge in [-0.15, -0.1) is 18.9 Å². The van der Waals surface area contributed by atoms with Gasteiger partial charge >= 0.3 is 0 Å². The van der Waals surface area contributed by atoms with Crippen LogP contribution in [0.3, 0.4) is 0 Å². The molecule has 6 aromatic rings.